The summed E-state index contributed by atoms with van der Waals surface area (Å²) in [6.07, 6.45) is 0. The van der Waals surface area contributed by atoms with Crippen molar-refractivity contribution in [2.45, 2.75) is 0 Å². The molecule has 0 aromatic heterocycles. The maximum absolute atomic E-state index is 12.1. The second-order valence-corrected chi connectivity index (χ2v) is 6.20. The highest BCUT2D eigenvalue weighted by Gasteiger charge is 2.08. The van der Waals surface area contributed by atoms with Crippen molar-refractivity contribution in [1.29, 1.82) is 0 Å². The average Bonchev–Trinajstić information content (AvgIpc) is 2.63. The number of hydrogen-bond acceptors (Lipinski definition) is 4. The van der Waals surface area contributed by atoms with Crippen molar-refractivity contribution in [2.75, 3.05) is 37.4 Å². The summed E-state index contributed by atoms with van der Waals surface area (Å²) in [6, 6.07) is 11.7. The SMILES string of the molecule is COCCNC(=O)c1cccc(NCC(=O)Nc2ccc(Cl)cc2Cl)c1. The molecule has 2 amide bonds. The van der Waals surface area contributed by atoms with Crippen LogP contribution in [0.4, 0.5) is 11.4 Å². The van der Waals surface area contributed by atoms with Crippen LogP contribution < -0.4 is 16.0 Å². The minimum absolute atomic E-state index is 0.0215. The highest BCUT2D eigenvalue weighted by atomic mass is 35.5. The van der Waals surface area contributed by atoms with Crippen LogP contribution in [0.5, 0.6) is 0 Å². The van der Waals surface area contributed by atoms with Crippen molar-refractivity contribution in [3.63, 3.8) is 0 Å². The zero-order chi connectivity index (χ0) is 18.9. The van der Waals surface area contributed by atoms with Gasteiger partial charge in [-0.1, -0.05) is 29.3 Å². The highest BCUT2D eigenvalue weighted by molar-refractivity contribution is 6.36. The first-order chi connectivity index (χ1) is 12.5. The summed E-state index contributed by atoms with van der Waals surface area (Å²) < 4.78 is 4.89. The molecule has 0 spiro atoms. The number of benzene rings is 2. The standard InChI is InChI=1S/C18H19Cl2N3O3/c1-26-8-7-21-18(25)12-3-2-4-14(9-12)22-11-17(24)23-16-6-5-13(19)10-15(16)20/h2-6,9-10,22H,7-8,11H2,1H3,(H,21,25)(H,23,24). The Balaban J connectivity index is 1.89. The lowest BCUT2D eigenvalue weighted by Gasteiger charge is -2.10. The van der Waals surface area contributed by atoms with E-state index in [1.807, 2.05) is 0 Å². The molecule has 0 heterocycles. The predicted octanol–water partition coefficient (Wildman–Crippen LogP) is 3.42. The molecule has 0 fully saturated rings. The number of anilines is 2. The highest BCUT2D eigenvalue weighted by Crippen LogP contribution is 2.25. The Morgan fingerprint density at radius 3 is 2.65 bits per heavy atom. The Morgan fingerprint density at radius 2 is 1.92 bits per heavy atom. The van der Waals surface area contributed by atoms with Crippen LogP contribution in [0.3, 0.4) is 0 Å². The zero-order valence-electron chi connectivity index (χ0n) is 14.1. The van der Waals surface area contributed by atoms with Gasteiger partial charge in [0, 0.05) is 29.9 Å². The molecule has 26 heavy (non-hydrogen) atoms. The summed E-state index contributed by atoms with van der Waals surface area (Å²) in [5, 5.41) is 9.26. The van der Waals surface area contributed by atoms with E-state index in [4.69, 9.17) is 27.9 Å². The Hall–Kier alpha value is -2.28. The van der Waals surface area contributed by atoms with Gasteiger partial charge < -0.3 is 20.7 Å². The zero-order valence-corrected chi connectivity index (χ0v) is 15.7. The summed E-state index contributed by atoms with van der Waals surface area (Å²) in [5.41, 5.74) is 1.63. The van der Waals surface area contributed by atoms with E-state index >= 15 is 0 Å². The molecule has 138 valence electrons. The van der Waals surface area contributed by atoms with Crippen LogP contribution in [-0.4, -0.2) is 38.6 Å². The molecule has 0 radical (unpaired) electrons. The molecule has 0 unspecified atom stereocenters. The Morgan fingerprint density at radius 1 is 1.12 bits per heavy atom. The number of methoxy groups -OCH3 is 1. The van der Waals surface area contributed by atoms with Gasteiger partial charge in [-0.15, -0.1) is 0 Å². The van der Waals surface area contributed by atoms with Gasteiger partial charge in [0.2, 0.25) is 5.91 Å². The molecule has 6 nitrogen and oxygen atoms in total. The molecule has 0 atom stereocenters. The number of carbonyl (C=O) groups excluding carboxylic acids is 2. The predicted molar refractivity (Wildman–Crippen MR) is 104 cm³/mol. The molecule has 2 aromatic rings. The van der Waals surface area contributed by atoms with Gasteiger partial charge in [-0.2, -0.15) is 0 Å². The molecule has 0 aliphatic rings. The van der Waals surface area contributed by atoms with E-state index in [-0.39, 0.29) is 18.4 Å². The van der Waals surface area contributed by atoms with E-state index in [0.717, 1.165) is 0 Å². The quantitative estimate of drug-likeness (QED) is 0.598. The van der Waals surface area contributed by atoms with E-state index < -0.39 is 0 Å². The van der Waals surface area contributed by atoms with E-state index in [2.05, 4.69) is 16.0 Å². The van der Waals surface area contributed by atoms with Crippen LogP contribution in [0.2, 0.25) is 10.0 Å². The number of halogens is 2. The van der Waals surface area contributed by atoms with Crippen LogP contribution in [0.1, 0.15) is 10.4 Å². The van der Waals surface area contributed by atoms with Crippen LogP contribution in [0, 0.1) is 0 Å². The molecule has 0 saturated carbocycles. The molecule has 0 aliphatic heterocycles. The third-order valence-electron chi connectivity index (χ3n) is 3.37. The molecular formula is C18H19Cl2N3O3. The van der Waals surface area contributed by atoms with Gasteiger partial charge in [0.25, 0.3) is 5.91 Å². The van der Waals surface area contributed by atoms with Gasteiger partial charge in [-0.05, 0) is 36.4 Å². The third kappa shape index (κ3) is 6.22. The maximum Gasteiger partial charge on any atom is 0.251 e. The largest absolute Gasteiger partial charge is 0.383 e. The van der Waals surface area contributed by atoms with E-state index in [1.54, 1.807) is 49.6 Å². The van der Waals surface area contributed by atoms with E-state index in [0.29, 0.717) is 40.1 Å². The molecule has 0 aliphatic carbocycles. The molecule has 0 bridgehead atoms. The van der Waals surface area contributed by atoms with Crippen molar-refractivity contribution < 1.29 is 14.3 Å². The van der Waals surface area contributed by atoms with Crippen molar-refractivity contribution in [3.05, 3.63) is 58.1 Å². The number of amides is 2. The summed E-state index contributed by atoms with van der Waals surface area (Å²) in [6.45, 7) is 0.891. The summed E-state index contributed by atoms with van der Waals surface area (Å²) in [5.74, 6) is -0.479. The van der Waals surface area contributed by atoms with Gasteiger partial charge in [-0.3, -0.25) is 9.59 Å². The topological polar surface area (TPSA) is 79.5 Å². The van der Waals surface area contributed by atoms with Crippen LogP contribution in [0.15, 0.2) is 42.5 Å². The van der Waals surface area contributed by atoms with E-state index in [1.165, 1.54) is 0 Å². The van der Waals surface area contributed by atoms with Crippen LogP contribution in [0.25, 0.3) is 0 Å². The fourth-order valence-electron chi connectivity index (χ4n) is 2.11. The molecular weight excluding hydrogens is 377 g/mol. The summed E-state index contributed by atoms with van der Waals surface area (Å²) in [7, 11) is 1.57. The van der Waals surface area contributed by atoms with E-state index in [9.17, 15) is 9.59 Å². The first-order valence-electron chi connectivity index (χ1n) is 7.85. The maximum atomic E-state index is 12.1. The van der Waals surface area contributed by atoms with Gasteiger partial charge in [0.15, 0.2) is 0 Å². The normalized spacial score (nSPS) is 10.3. The first kappa shape index (κ1) is 20.0. The van der Waals surface area contributed by atoms with Gasteiger partial charge in [0.1, 0.15) is 0 Å². The summed E-state index contributed by atoms with van der Waals surface area (Å²) >= 11 is 11.9. The summed E-state index contributed by atoms with van der Waals surface area (Å²) in [4.78, 5) is 24.1. The second-order valence-electron chi connectivity index (χ2n) is 5.36. The molecule has 2 aromatic carbocycles. The van der Waals surface area contributed by atoms with Crippen molar-refractivity contribution in [1.82, 2.24) is 5.32 Å². The van der Waals surface area contributed by atoms with Crippen molar-refractivity contribution >= 4 is 46.4 Å². The Kier molecular flexibility index (Phi) is 7.72. The first-order valence-corrected chi connectivity index (χ1v) is 8.61. The third-order valence-corrected chi connectivity index (χ3v) is 3.92. The lowest BCUT2D eigenvalue weighted by molar-refractivity contribution is -0.114. The molecule has 3 N–H and O–H groups in total. The number of carbonyl (C=O) groups is 2. The Labute approximate surface area is 161 Å². The monoisotopic (exact) mass is 395 g/mol. The number of ether oxygens (including phenoxy) is 1. The smallest absolute Gasteiger partial charge is 0.251 e. The second kappa shape index (κ2) is 10.0. The van der Waals surface area contributed by atoms with Gasteiger partial charge in [0.05, 0.1) is 23.9 Å². The van der Waals surface area contributed by atoms with Crippen molar-refractivity contribution in [2.24, 2.45) is 0 Å². The molecule has 2 rings (SSSR count). The lowest BCUT2D eigenvalue weighted by Crippen LogP contribution is -2.27. The minimum Gasteiger partial charge on any atom is -0.383 e. The van der Waals surface area contributed by atoms with Gasteiger partial charge in [-0.25, -0.2) is 0 Å². The average molecular weight is 396 g/mol. The lowest BCUT2D eigenvalue weighted by atomic mass is 10.2. The number of rotatable bonds is 8. The Bertz CT molecular complexity index is 784. The van der Waals surface area contributed by atoms with Crippen LogP contribution in [-0.2, 0) is 9.53 Å². The fourth-order valence-corrected chi connectivity index (χ4v) is 2.56. The fraction of sp³-hybridized carbons (Fsp3) is 0.222. The van der Waals surface area contributed by atoms with Gasteiger partial charge >= 0.3 is 0 Å². The van der Waals surface area contributed by atoms with Crippen molar-refractivity contribution in [3.8, 4) is 0 Å². The van der Waals surface area contributed by atoms with Crippen LogP contribution >= 0.6 is 23.2 Å². The minimum atomic E-state index is -0.274. The number of nitrogens with one attached hydrogen (secondary N) is 3. The number of hydrogen-bond donors (Lipinski definition) is 3. The molecule has 8 heteroatoms. The molecule has 0 saturated heterocycles.